The molecule has 11 aromatic carbocycles. The maximum absolute atomic E-state index is 15.1. The van der Waals surface area contributed by atoms with Gasteiger partial charge in [0, 0.05) is 32.7 Å². The lowest BCUT2D eigenvalue weighted by atomic mass is 9.94. The average molecular weight is 1510 g/mol. The molecule has 14 aromatic rings. The largest absolute Gasteiger partial charge is 0.417 e. The molecule has 546 valence electrons. The molecule has 0 saturated heterocycles. The maximum Gasteiger partial charge on any atom is 0.417 e. The third-order valence-corrected chi connectivity index (χ3v) is 18.4. The van der Waals surface area contributed by atoms with Gasteiger partial charge in [-0.3, -0.25) is 0 Å². The molecule has 0 atom stereocenters. The number of hydrogen-bond donors (Lipinski definition) is 0. The second kappa shape index (κ2) is 25.6. The van der Waals surface area contributed by atoms with Gasteiger partial charge in [0.15, 0.2) is 0 Å². The molecule has 0 N–H and O–H groups in total. The molecule has 14 rings (SSSR count). The summed E-state index contributed by atoms with van der Waals surface area (Å²) < 4.78 is 354. The number of rotatable bonds is 9. The molecule has 0 spiro atoms. The predicted molar refractivity (Wildman–Crippen MR) is 356 cm³/mol. The fourth-order valence-electron chi connectivity index (χ4n) is 13.5. The number of hydrogen-bond acceptors (Lipinski definition) is 2. The zero-order chi connectivity index (χ0) is 77.5. The molecule has 0 unspecified atom stereocenters. The molecule has 0 radical (unpaired) electrons. The first-order chi connectivity index (χ1) is 50.5. The van der Waals surface area contributed by atoms with Crippen molar-refractivity contribution >= 4 is 43.6 Å². The van der Waals surface area contributed by atoms with Crippen LogP contribution in [-0.2, 0) is 49.4 Å². The van der Waals surface area contributed by atoms with Crippen LogP contribution in [0.25, 0.3) is 133 Å². The number of alkyl halides is 24. The van der Waals surface area contributed by atoms with Crippen LogP contribution in [0.4, 0.5) is 105 Å². The van der Waals surface area contributed by atoms with Crippen LogP contribution in [0.15, 0.2) is 231 Å². The Morgan fingerprint density at radius 3 is 0.722 bits per heavy atom. The van der Waals surface area contributed by atoms with Gasteiger partial charge in [0.2, 0.25) is 0 Å². The zero-order valence-electron chi connectivity index (χ0n) is 53.8. The highest BCUT2D eigenvalue weighted by molar-refractivity contribution is 6.14. The first-order valence-corrected chi connectivity index (χ1v) is 31.6. The first-order valence-electron chi connectivity index (χ1n) is 31.6. The number of nitriles is 1. The van der Waals surface area contributed by atoms with E-state index in [1.807, 2.05) is 0 Å². The van der Waals surface area contributed by atoms with Gasteiger partial charge in [-0.05, 0) is 177 Å². The number of halogens is 24. The van der Waals surface area contributed by atoms with E-state index in [1.54, 1.807) is 72.8 Å². The standard InChI is InChI=1S/C80H38F24N4/c81-73(82,83)48-15-19-52(61(35-48)77(93,94)95)42-11-23-67-56(27-42)57-28-43(53-20-16-49(74(84,85)86)36-62(53)78(96,97)98)12-24-68(57)107(67)71-33-47(46-31-65(40-7-3-1-4-8-40)106-66(32-46)41-9-5-2-6-10-41)34-72(60(71)39-105)108-69-25-13-44(54-21-17-50(75(87,88)89)37-63(54)79(99,100)101)29-58(69)59-30-45(14-26-70(59)108)55-22-18-51(76(90,91)92)38-64(55)80(102,103)104/h1-38H. The van der Waals surface area contributed by atoms with Crippen molar-refractivity contribution in [2.75, 3.05) is 0 Å². The first kappa shape index (κ1) is 72.9. The van der Waals surface area contributed by atoms with Gasteiger partial charge in [-0.25, -0.2) is 4.98 Å². The van der Waals surface area contributed by atoms with Gasteiger partial charge in [0.25, 0.3) is 0 Å². The normalized spacial score (nSPS) is 13.0. The van der Waals surface area contributed by atoms with Crippen molar-refractivity contribution in [1.29, 1.82) is 5.26 Å². The molecule has 0 aliphatic heterocycles. The summed E-state index contributed by atoms with van der Waals surface area (Å²) in [4.78, 5) is 4.96. The number of nitrogens with zero attached hydrogens (tertiary/aromatic N) is 4. The number of pyridine rings is 1. The van der Waals surface area contributed by atoms with Crippen LogP contribution in [0.1, 0.15) is 50.1 Å². The lowest BCUT2D eigenvalue weighted by Gasteiger charge is -2.20. The Balaban J connectivity index is 1.13. The van der Waals surface area contributed by atoms with Gasteiger partial charge in [-0.15, -0.1) is 0 Å². The molecule has 108 heavy (non-hydrogen) atoms. The van der Waals surface area contributed by atoms with E-state index in [0.29, 0.717) is 71.0 Å². The van der Waals surface area contributed by atoms with E-state index in [0.717, 1.165) is 72.8 Å². The quantitative estimate of drug-likeness (QED) is 0.135. The van der Waals surface area contributed by atoms with Crippen LogP contribution >= 0.6 is 0 Å². The van der Waals surface area contributed by atoms with Crippen molar-refractivity contribution in [3.05, 3.63) is 281 Å². The van der Waals surface area contributed by atoms with Crippen LogP contribution in [0.2, 0.25) is 0 Å². The van der Waals surface area contributed by atoms with Gasteiger partial charge in [0.1, 0.15) is 11.6 Å². The van der Waals surface area contributed by atoms with Crippen molar-refractivity contribution in [3.63, 3.8) is 0 Å². The molecule has 0 saturated carbocycles. The smallest absolute Gasteiger partial charge is 0.308 e. The van der Waals surface area contributed by atoms with Crippen LogP contribution in [0.3, 0.4) is 0 Å². The Labute approximate surface area is 591 Å². The van der Waals surface area contributed by atoms with E-state index in [-0.39, 0.29) is 90.4 Å². The number of fused-ring (bicyclic) bond motifs is 6. The SMILES string of the molecule is N#Cc1c(-n2c3ccc(-c4ccc(C(F)(F)F)cc4C(F)(F)F)cc3c3cc(-c4ccc(C(F)(F)F)cc4C(F)(F)F)ccc32)cc(-c2cc(-c3ccccc3)nc(-c3ccccc3)c2)cc1-n1c2ccc(-c3ccc(C(F)(F)F)cc3C(F)(F)F)cc2c2cc(-c3ccc(C(F)(F)F)cc3C(F)(F)F)ccc21. The van der Waals surface area contributed by atoms with Gasteiger partial charge in [-0.1, -0.05) is 109 Å². The average Bonchev–Trinajstić information content (AvgIpc) is 1.56. The third-order valence-electron chi connectivity index (χ3n) is 18.4. The third kappa shape index (κ3) is 13.4. The van der Waals surface area contributed by atoms with Gasteiger partial charge in [-0.2, -0.15) is 111 Å². The molecule has 0 bridgehead atoms. The molecule has 0 aliphatic carbocycles. The Morgan fingerprint density at radius 1 is 0.241 bits per heavy atom. The number of aromatic nitrogens is 3. The highest BCUT2D eigenvalue weighted by atomic mass is 19.4. The molecule has 3 heterocycles. The molecule has 0 amide bonds. The van der Waals surface area contributed by atoms with Gasteiger partial charge >= 0.3 is 49.4 Å². The Kier molecular flexibility index (Phi) is 17.3. The fourth-order valence-corrected chi connectivity index (χ4v) is 13.5. The van der Waals surface area contributed by atoms with Crippen molar-refractivity contribution in [2.24, 2.45) is 0 Å². The summed E-state index contributed by atoms with van der Waals surface area (Å²) in [5.41, 5.74) is -19.1. The minimum absolute atomic E-state index is 0.0838. The summed E-state index contributed by atoms with van der Waals surface area (Å²) in [6.45, 7) is 0. The van der Waals surface area contributed by atoms with Crippen LogP contribution < -0.4 is 0 Å². The minimum atomic E-state index is -5.51. The second-order valence-corrected chi connectivity index (χ2v) is 25.0. The van der Waals surface area contributed by atoms with E-state index < -0.39 is 144 Å². The highest BCUT2D eigenvalue weighted by Crippen LogP contribution is 2.51. The van der Waals surface area contributed by atoms with Crippen LogP contribution in [-0.4, -0.2) is 14.1 Å². The Bertz CT molecular complexity index is 5380. The lowest BCUT2D eigenvalue weighted by molar-refractivity contribution is -0.144. The molecule has 4 nitrogen and oxygen atoms in total. The van der Waals surface area contributed by atoms with E-state index in [4.69, 9.17) is 4.98 Å². The summed E-state index contributed by atoms with van der Waals surface area (Å²) in [6, 6.07) is 41.0. The summed E-state index contributed by atoms with van der Waals surface area (Å²) >= 11 is 0. The van der Waals surface area contributed by atoms with Gasteiger partial charge in [0.05, 0.1) is 89.3 Å². The summed E-state index contributed by atoms with van der Waals surface area (Å²) in [5.74, 6) is 0. The van der Waals surface area contributed by atoms with E-state index in [1.165, 1.54) is 21.3 Å². The molecule has 3 aromatic heterocycles. The molecular formula is C80H38F24N4. The predicted octanol–water partition coefficient (Wildman–Crippen LogP) is 27.0. The van der Waals surface area contributed by atoms with E-state index >= 15 is 52.7 Å². The fraction of sp³-hybridized carbons (Fsp3) is 0.100. The Hall–Kier alpha value is -12.0. The van der Waals surface area contributed by atoms with Gasteiger partial charge < -0.3 is 9.13 Å². The van der Waals surface area contributed by atoms with Crippen molar-refractivity contribution in [1.82, 2.24) is 14.1 Å². The molecular weight excluding hydrogens is 1470 g/mol. The van der Waals surface area contributed by atoms with Crippen LogP contribution in [0, 0.1) is 11.3 Å². The molecule has 0 fully saturated rings. The van der Waals surface area contributed by atoms with Crippen molar-refractivity contribution < 1.29 is 105 Å². The van der Waals surface area contributed by atoms with Crippen LogP contribution in [0.5, 0.6) is 0 Å². The molecule has 28 heteroatoms. The van der Waals surface area contributed by atoms with Crippen molar-refractivity contribution in [2.45, 2.75) is 49.4 Å². The summed E-state index contributed by atoms with van der Waals surface area (Å²) in [5, 5.41) is 11.1. The van der Waals surface area contributed by atoms with E-state index in [2.05, 4.69) is 6.07 Å². The van der Waals surface area contributed by atoms with E-state index in [9.17, 15) is 57.9 Å². The van der Waals surface area contributed by atoms with Crippen molar-refractivity contribution in [3.8, 4) is 95.6 Å². The lowest BCUT2D eigenvalue weighted by Crippen LogP contribution is -2.12. The Morgan fingerprint density at radius 2 is 0.491 bits per heavy atom. The monoisotopic (exact) mass is 1510 g/mol. The maximum atomic E-state index is 15.1. The topological polar surface area (TPSA) is 46.5 Å². The molecule has 0 aliphatic rings. The highest BCUT2D eigenvalue weighted by Gasteiger charge is 2.43. The zero-order valence-corrected chi connectivity index (χ0v) is 53.8. The minimum Gasteiger partial charge on any atom is -0.308 e. The summed E-state index contributed by atoms with van der Waals surface area (Å²) in [6.07, 6.45) is -43.3. The second-order valence-electron chi connectivity index (χ2n) is 25.0. The summed E-state index contributed by atoms with van der Waals surface area (Å²) in [7, 11) is 0. The number of benzene rings is 11.